The average Bonchev–Trinajstić information content (AvgIpc) is 2.23. The molecule has 0 saturated heterocycles. The molecule has 0 atom stereocenters. The van der Waals surface area contributed by atoms with Crippen molar-refractivity contribution >= 4 is 11.6 Å². The molecule has 0 aliphatic carbocycles. The highest BCUT2D eigenvalue weighted by Gasteiger charge is 2.26. The molecule has 0 aliphatic rings. The standard InChI is InChI=1S/C14H22N2O/c1-10-6-7-12(8-11(10)2)16-13(17)14(3,4)9-15-5/h6-8,15H,9H2,1-5H3,(H,16,17). The lowest BCUT2D eigenvalue weighted by Gasteiger charge is -2.23. The summed E-state index contributed by atoms with van der Waals surface area (Å²) in [6.45, 7) is 8.62. The van der Waals surface area contributed by atoms with Crippen LogP contribution in [0, 0.1) is 19.3 Å². The normalized spacial score (nSPS) is 11.4. The van der Waals surface area contributed by atoms with Gasteiger partial charge in [0, 0.05) is 12.2 Å². The van der Waals surface area contributed by atoms with Gasteiger partial charge in [0.05, 0.1) is 5.41 Å². The monoisotopic (exact) mass is 234 g/mol. The van der Waals surface area contributed by atoms with Crippen molar-refractivity contribution in [1.82, 2.24) is 5.32 Å². The SMILES string of the molecule is CNCC(C)(C)C(=O)Nc1ccc(C)c(C)c1. The maximum atomic E-state index is 12.1. The van der Waals surface area contributed by atoms with Crippen LogP contribution in [0.4, 0.5) is 5.69 Å². The van der Waals surface area contributed by atoms with Gasteiger partial charge in [-0.2, -0.15) is 0 Å². The van der Waals surface area contributed by atoms with Crippen molar-refractivity contribution in [2.45, 2.75) is 27.7 Å². The van der Waals surface area contributed by atoms with Gasteiger partial charge >= 0.3 is 0 Å². The average molecular weight is 234 g/mol. The molecule has 0 aliphatic heterocycles. The Balaban J connectivity index is 2.77. The van der Waals surface area contributed by atoms with Crippen LogP contribution in [0.1, 0.15) is 25.0 Å². The zero-order valence-corrected chi connectivity index (χ0v) is 11.3. The number of carbonyl (C=O) groups is 1. The highest BCUT2D eigenvalue weighted by atomic mass is 16.2. The van der Waals surface area contributed by atoms with Crippen molar-refractivity contribution in [2.75, 3.05) is 18.9 Å². The third-order valence-corrected chi connectivity index (χ3v) is 3.00. The van der Waals surface area contributed by atoms with Crippen molar-refractivity contribution in [3.63, 3.8) is 0 Å². The molecule has 1 rings (SSSR count). The minimum Gasteiger partial charge on any atom is -0.326 e. The summed E-state index contributed by atoms with van der Waals surface area (Å²) >= 11 is 0. The van der Waals surface area contributed by atoms with Gasteiger partial charge in [-0.25, -0.2) is 0 Å². The van der Waals surface area contributed by atoms with Gasteiger partial charge in [-0.1, -0.05) is 6.07 Å². The van der Waals surface area contributed by atoms with Crippen molar-refractivity contribution in [3.05, 3.63) is 29.3 Å². The molecule has 0 unspecified atom stereocenters. The van der Waals surface area contributed by atoms with Crippen molar-refractivity contribution in [1.29, 1.82) is 0 Å². The van der Waals surface area contributed by atoms with E-state index in [2.05, 4.69) is 17.6 Å². The van der Waals surface area contributed by atoms with Gasteiger partial charge in [-0.15, -0.1) is 0 Å². The summed E-state index contributed by atoms with van der Waals surface area (Å²) in [7, 11) is 1.85. The molecule has 0 fully saturated rings. The minimum absolute atomic E-state index is 0.0371. The van der Waals surface area contributed by atoms with Gasteiger partial charge in [0.1, 0.15) is 0 Å². The fourth-order valence-electron chi connectivity index (χ4n) is 1.64. The fourth-order valence-corrected chi connectivity index (χ4v) is 1.64. The van der Waals surface area contributed by atoms with Crippen LogP contribution < -0.4 is 10.6 Å². The van der Waals surface area contributed by atoms with Gasteiger partial charge in [-0.05, 0) is 58.0 Å². The number of hydrogen-bond donors (Lipinski definition) is 2. The van der Waals surface area contributed by atoms with Crippen LogP contribution >= 0.6 is 0 Å². The Morgan fingerprint density at radius 1 is 1.24 bits per heavy atom. The Kier molecular flexibility index (Phi) is 4.29. The van der Waals surface area contributed by atoms with Crippen LogP contribution in [0.15, 0.2) is 18.2 Å². The maximum absolute atomic E-state index is 12.1. The maximum Gasteiger partial charge on any atom is 0.231 e. The third-order valence-electron chi connectivity index (χ3n) is 3.00. The highest BCUT2D eigenvalue weighted by Crippen LogP contribution is 2.19. The summed E-state index contributed by atoms with van der Waals surface area (Å²) in [5.74, 6) is 0.0371. The summed E-state index contributed by atoms with van der Waals surface area (Å²) in [6, 6.07) is 5.97. The first-order valence-electron chi connectivity index (χ1n) is 5.90. The first kappa shape index (κ1) is 13.7. The molecule has 94 valence electrons. The van der Waals surface area contributed by atoms with Gasteiger partial charge < -0.3 is 10.6 Å². The second-order valence-corrected chi connectivity index (χ2v) is 5.17. The lowest BCUT2D eigenvalue weighted by molar-refractivity contribution is -0.123. The van der Waals surface area contributed by atoms with Crippen LogP contribution in [0.3, 0.4) is 0 Å². The van der Waals surface area contributed by atoms with E-state index in [1.54, 1.807) is 0 Å². The first-order valence-corrected chi connectivity index (χ1v) is 5.90. The predicted molar refractivity (Wildman–Crippen MR) is 72.3 cm³/mol. The summed E-state index contributed by atoms with van der Waals surface area (Å²) in [5, 5.41) is 5.99. The molecular formula is C14H22N2O. The first-order chi connectivity index (χ1) is 7.86. The largest absolute Gasteiger partial charge is 0.326 e. The molecule has 1 amide bonds. The molecule has 0 bridgehead atoms. The van der Waals surface area contributed by atoms with E-state index < -0.39 is 5.41 Å². The van der Waals surface area contributed by atoms with E-state index in [-0.39, 0.29) is 5.91 Å². The number of benzene rings is 1. The predicted octanol–water partition coefficient (Wildman–Crippen LogP) is 2.49. The number of aryl methyl sites for hydroxylation is 2. The van der Waals surface area contributed by atoms with Crippen LogP contribution in [-0.2, 0) is 4.79 Å². The summed E-state index contributed by atoms with van der Waals surface area (Å²) in [4.78, 5) is 12.1. The van der Waals surface area contributed by atoms with E-state index >= 15 is 0 Å². The summed E-state index contributed by atoms with van der Waals surface area (Å²) in [6.07, 6.45) is 0. The quantitative estimate of drug-likeness (QED) is 0.840. The number of carbonyl (C=O) groups excluding carboxylic acids is 1. The molecule has 0 saturated carbocycles. The number of anilines is 1. The smallest absolute Gasteiger partial charge is 0.231 e. The summed E-state index contributed by atoms with van der Waals surface area (Å²) in [5.41, 5.74) is 2.88. The second kappa shape index (κ2) is 5.32. The zero-order valence-electron chi connectivity index (χ0n) is 11.3. The zero-order chi connectivity index (χ0) is 13.1. The van der Waals surface area contributed by atoms with Gasteiger partial charge in [0.2, 0.25) is 5.91 Å². The van der Waals surface area contributed by atoms with E-state index in [1.165, 1.54) is 11.1 Å². The number of rotatable bonds is 4. The van der Waals surface area contributed by atoms with Gasteiger partial charge in [0.25, 0.3) is 0 Å². The van der Waals surface area contributed by atoms with E-state index in [0.29, 0.717) is 6.54 Å². The van der Waals surface area contributed by atoms with Crippen LogP contribution in [0.2, 0.25) is 0 Å². The van der Waals surface area contributed by atoms with Crippen molar-refractivity contribution in [2.24, 2.45) is 5.41 Å². The number of hydrogen-bond acceptors (Lipinski definition) is 2. The van der Waals surface area contributed by atoms with Gasteiger partial charge in [0.15, 0.2) is 0 Å². The molecule has 1 aromatic rings. The number of nitrogens with one attached hydrogen (secondary N) is 2. The summed E-state index contributed by atoms with van der Waals surface area (Å²) < 4.78 is 0. The molecule has 1 aromatic carbocycles. The second-order valence-electron chi connectivity index (χ2n) is 5.17. The molecule has 0 spiro atoms. The topological polar surface area (TPSA) is 41.1 Å². The third kappa shape index (κ3) is 3.56. The van der Waals surface area contributed by atoms with E-state index in [9.17, 15) is 4.79 Å². The minimum atomic E-state index is -0.409. The van der Waals surface area contributed by atoms with Crippen LogP contribution in [0.5, 0.6) is 0 Å². The molecule has 2 N–H and O–H groups in total. The van der Waals surface area contributed by atoms with Crippen molar-refractivity contribution in [3.8, 4) is 0 Å². The molecule has 17 heavy (non-hydrogen) atoms. The van der Waals surface area contributed by atoms with Crippen molar-refractivity contribution < 1.29 is 4.79 Å². The Labute approximate surface area is 104 Å². The molecule has 3 heteroatoms. The molecule has 0 heterocycles. The van der Waals surface area contributed by atoms with E-state index in [4.69, 9.17) is 0 Å². The fraction of sp³-hybridized carbons (Fsp3) is 0.500. The number of amides is 1. The van der Waals surface area contributed by atoms with Crippen LogP contribution in [0.25, 0.3) is 0 Å². The highest BCUT2D eigenvalue weighted by molar-refractivity contribution is 5.95. The molecule has 3 nitrogen and oxygen atoms in total. The van der Waals surface area contributed by atoms with E-state index in [0.717, 1.165) is 5.69 Å². The van der Waals surface area contributed by atoms with Gasteiger partial charge in [-0.3, -0.25) is 4.79 Å². The molecule has 0 radical (unpaired) electrons. The molecule has 0 aromatic heterocycles. The Hall–Kier alpha value is -1.35. The Morgan fingerprint density at radius 3 is 2.41 bits per heavy atom. The lowest BCUT2D eigenvalue weighted by atomic mass is 9.92. The Morgan fingerprint density at radius 2 is 1.88 bits per heavy atom. The lowest BCUT2D eigenvalue weighted by Crippen LogP contribution is -2.38. The molecular weight excluding hydrogens is 212 g/mol. The Bertz CT molecular complexity index is 411. The van der Waals surface area contributed by atoms with E-state index in [1.807, 2.05) is 46.0 Å². The van der Waals surface area contributed by atoms with Crippen LogP contribution in [-0.4, -0.2) is 19.5 Å².